The molecule has 1 aromatic heterocycles. The number of carbonyl (C=O) groups is 1. The van der Waals surface area contributed by atoms with E-state index in [1.807, 2.05) is 19.1 Å². The second-order valence-electron chi connectivity index (χ2n) is 8.95. The molecule has 1 aliphatic rings. The molecule has 0 saturated heterocycles. The Labute approximate surface area is 206 Å². The molecule has 1 heterocycles. The van der Waals surface area contributed by atoms with Crippen molar-refractivity contribution in [1.82, 2.24) is 15.3 Å². The fourth-order valence-electron chi connectivity index (χ4n) is 4.37. The second-order valence-corrected chi connectivity index (χ2v) is 8.95. The first-order valence-corrected chi connectivity index (χ1v) is 11.7. The standard InChI is InChI=1S/C25H28F3N7O/c1-14-9-10-18-17(11-14)21(33-19-7-2-3-8-20(19)34-24(29)30)35-22(32-18)23(36)31-13-15-5-4-6-16(12-15)25(26,27)28/h4-6,9-12,19-20H,2-3,7-8,13H2,1H3,(H,31,36)(H4,29,30,34)(H,32,33,35)/t19-,20+/m0/s1. The van der Waals surface area contributed by atoms with Crippen molar-refractivity contribution in [2.45, 2.75) is 57.4 Å². The van der Waals surface area contributed by atoms with Gasteiger partial charge in [-0.1, -0.05) is 36.6 Å². The largest absolute Gasteiger partial charge is 0.416 e. The molecule has 1 aliphatic carbocycles. The van der Waals surface area contributed by atoms with Crippen LogP contribution in [0.1, 0.15) is 53.0 Å². The molecule has 0 aliphatic heterocycles. The van der Waals surface area contributed by atoms with Crippen molar-refractivity contribution >= 4 is 28.6 Å². The van der Waals surface area contributed by atoms with Crippen molar-refractivity contribution < 1.29 is 18.0 Å². The summed E-state index contributed by atoms with van der Waals surface area (Å²) in [6.45, 7) is 1.84. The monoisotopic (exact) mass is 499 g/mol. The molecule has 11 heteroatoms. The van der Waals surface area contributed by atoms with Gasteiger partial charge < -0.3 is 22.1 Å². The Kier molecular flexibility index (Phi) is 7.27. The molecule has 0 unspecified atom stereocenters. The highest BCUT2D eigenvalue weighted by atomic mass is 19.4. The molecule has 0 radical (unpaired) electrons. The van der Waals surface area contributed by atoms with Gasteiger partial charge in [-0.05, 0) is 49.6 Å². The van der Waals surface area contributed by atoms with Crippen LogP contribution in [0.5, 0.6) is 0 Å². The zero-order valence-electron chi connectivity index (χ0n) is 19.8. The summed E-state index contributed by atoms with van der Waals surface area (Å²) in [5.41, 5.74) is 12.4. The molecule has 1 amide bonds. The van der Waals surface area contributed by atoms with E-state index < -0.39 is 17.6 Å². The molecule has 0 spiro atoms. The van der Waals surface area contributed by atoms with Gasteiger partial charge in [0.05, 0.1) is 23.2 Å². The van der Waals surface area contributed by atoms with E-state index in [0.29, 0.717) is 16.9 Å². The number of hydrogen-bond donors (Lipinski definition) is 4. The Hall–Kier alpha value is -3.89. The van der Waals surface area contributed by atoms with Crippen LogP contribution in [-0.2, 0) is 12.7 Å². The fraction of sp³-hybridized carbons (Fsp3) is 0.360. The maximum atomic E-state index is 13.0. The van der Waals surface area contributed by atoms with Crippen LogP contribution < -0.4 is 22.1 Å². The number of amides is 1. The van der Waals surface area contributed by atoms with Crippen molar-refractivity contribution in [2.75, 3.05) is 5.32 Å². The van der Waals surface area contributed by atoms with Crippen LogP contribution in [0.15, 0.2) is 47.5 Å². The topological polar surface area (TPSA) is 131 Å². The van der Waals surface area contributed by atoms with E-state index in [9.17, 15) is 18.0 Å². The van der Waals surface area contributed by atoms with E-state index in [-0.39, 0.29) is 30.4 Å². The van der Waals surface area contributed by atoms with Gasteiger partial charge in [-0.2, -0.15) is 13.2 Å². The normalized spacial score (nSPS) is 18.0. The number of guanidine groups is 1. The number of rotatable bonds is 6. The van der Waals surface area contributed by atoms with Crippen LogP contribution in [0.2, 0.25) is 0 Å². The van der Waals surface area contributed by atoms with Crippen LogP contribution in [0.25, 0.3) is 10.9 Å². The fourth-order valence-corrected chi connectivity index (χ4v) is 4.37. The van der Waals surface area contributed by atoms with Crippen molar-refractivity contribution in [3.05, 3.63) is 65.0 Å². The first kappa shape index (κ1) is 25.2. The lowest BCUT2D eigenvalue weighted by Crippen LogP contribution is -2.38. The SMILES string of the molecule is Cc1ccc2nc(C(=O)NCc3cccc(C(F)(F)F)c3)nc(N[C@H]3CCCC[C@H]3N=C(N)N)c2c1. The lowest BCUT2D eigenvalue weighted by atomic mass is 9.90. The van der Waals surface area contributed by atoms with Gasteiger partial charge in [0.1, 0.15) is 5.82 Å². The number of alkyl halides is 3. The number of hydrogen-bond acceptors (Lipinski definition) is 5. The maximum absolute atomic E-state index is 13.0. The lowest BCUT2D eigenvalue weighted by Gasteiger charge is -2.30. The van der Waals surface area contributed by atoms with E-state index in [4.69, 9.17) is 11.5 Å². The van der Waals surface area contributed by atoms with Crippen molar-refractivity contribution in [1.29, 1.82) is 0 Å². The smallest absolute Gasteiger partial charge is 0.370 e. The van der Waals surface area contributed by atoms with Crippen molar-refractivity contribution in [3.8, 4) is 0 Å². The van der Waals surface area contributed by atoms with Crippen LogP contribution >= 0.6 is 0 Å². The zero-order chi connectivity index (χ0) is 25.9. The molecule has 6 N–H and O–H groups in total. The average molecular weight is 500 g/mol. The number of benzene rings is 2. The molecular formula is C25H28F3N7O. The Balaban J connectivity index is 1.60. The number of nitrogens with one attached hydrogen (secondary N) is 2. The first-order chi connectivity index (χ1) is 17.1. The molecule has 4 rings (SSSR count). The van der Waals surface area contributed by atoms with Crippen molar-refractivity contribution in [3.63, 3.8) is 0 Å². The molecule has 36 heavy (non-hydrogen) atoms. The summed E-state index contributed by atoms with van der Waals surface area (Å²) in [7, 11) is 0. The van der Waals surface area contributed by atoms with Crippen LogP contribution in [-0.4, -0.2) is 33.9 Å². The number of fused-ring (bicyclic) bond motifs is 1. The third kappa shape index (κ3) is 6.02. The van der Waals surface area contributed by atoms with E-state index >= 15 is 0 Å². The summed E-state index contributed by atoms with van der Waals surface area (Å²) in [6, 6.07) is 10.2. The highest BCUT2D eigenvalue weighted by molar-refractivity contribution is 5.96. The van der Waals surface area contributed by atoms with Crippen molar-refractivity contribution in [2.24, 2.45) is 16.5 Å². The Morgan fingerprint density at radius 2 is 1.89 bits per heavy atom. The van der Waals surface area contributed by atoms with Gasteiger partial charge in [0.15, 0.2) is 5.96 Å². The minimum Gasteiger partial charge on any atom is -0.370 e. The van der Waals surface area contributed by atoms with Gasteiger partial charge in [0, 0.05) is 11.9 Å². The summed E-state index contributed by atoms with van der Waals surface area (Å²) in [5.74, 6) is -0.181. The minimum absolute atomic E-state index is 0.0201. The van der Waals surface area contributed by atoms with Gasteiger partial charge in [0.25, 0.3) is 5.91 Å². The number of halogens is 3. The lowest BCUT2D eigenvalue weighted by molar-refractivity contribution is -0.137. The molecule has 190 valence electrons. The Morgan fingerprint density at radius 1 is 1.11 bits per heavy atom. The van der Waals surface area contributed by atoms with Gasteiger partial charge in [-0.15, -0.1) is 0 Å². The van der Waals surface area contributed by atoms with Crippen LogP contribution in [0, 0.1) is 6.92 Å². The Morgan fingerprint density at radius 3 is 2.64 bits per heavy atom. The molecule has 3 aromatic rings. The molecule has 1 saturated carbocycles. The van der Waals surface area contributed by atoms with Gasteiger partial charge in [-0.25, -0.2) is 15.0 Å². The van der Waals surface area contributed by atoms with E-state index in [2.05, 4.69) is 25.6 Å². The third-order valence-corrected chi connectivity index (χ3v) is 6.13. The molecule has 8 nitrogen and oxygen atoms in total. The molecular weight excluding hydrogens is 471 g/mol. The summed E-state index contributed by atoms with van der Waals surface area (Å²) in [5, 5.41) is 6.80. The molecule has 1 fully saturated rings. The Bertz CT molecular complexity index is 1290. The predicted molar refractivity (Wildman–Crippen MR) is 132 cm³/mol. The van der Waals surface area contributed by atoms with Crippen LogP contribution in [0.4, 0.5) is 19.0 Å². The summed E-state index contributed by atoms with van der Waals surface area (Å²) < 4.78 is 39.0. The molecule has 2 atom stereocenters. The highest BCUT2D eigenvalue weighted by Crippen LogP contribution is 2.30. The summed E-state index contributed by atoms with van der Waals surface area (Å²) in [6.07, 6.45) is -0.805. The maximum Gasteiger partial charge on any atom is 0.416 e. The molecule has 2 aromatic carbocycles. The molecule has 0 bridgehead atoms. The quantitative estimate of drug-likeness (QED) is 0.301. The average Bonchev–Trinajstić information content (AvgIpc) is 2.83. The zero-order valence-corrected chi connectivity index (χ0v) is 19.8. The number of nitrogens with zero attached hydrogens (tertiary/aromatic N) is 3. The van der Waals surface area contributed by atoms with Gasteiger partial charge in [-0.3, -0.25) is 4.79 Å². The number of carbonyl (C=O) groups excluding carboxylic acids is 1. The summed E-state index contributed by atoms with van der Waals surface area (Å²) in [4.78, 5) is 26.2. The predicted octanol–water partition coefficient (Wildman–Crippen LogP) is 3.88. The number of aryl methyl sites for hydroxylation is 1. The minimum atomic E-state index is -4.46. The number of aromatic nitrogens is 2. The first-order valence-electron chi connectivity index (χ1n) is 11.7. The van der Waals surface area contributed by atoms with E-state index in [1.165, 1.54) is 12.1 Å². The summed E-state index contributed by atoms with van der Waals surface area (Å²) >= 11 is 0. The highest BCUT2D eigenvalue weighted by Gasteiger charge is 2.30. The number of anilines is 1. The van der Waals surface area contributed by atoms with E-state index in [0.717, 1.165) is 48.8 Å². The van der Waals surface area contributed by atoms with Crippen LogP contribution in [0.3, 0.4) is 0 Å². The van der Waals surface area contributed by atoms with Gasteiger partial charge in [0.2, 0.25) is 5.82 Å². The second kappa shape index (κ2) is 10.4. The van der Waals surface area contributed by atoms with E-state index in [1.54, 1.807) is 6.07 Å². The third-order valence-electron chi connectivity index (χ3n) is 6.13. The van der Waals surface area contributed by atoms with Gasteiger partial charge >= 0.3 is 6.18 Å². The number of nitrogens with two attached hydrogens (primary N) is 2. The number of aliphatic imine (C=N–C) groups is 1.